The number of aromatic nitrogens is 1. The molecular formula is C13H20N2O. The van der Waals surface area contributed by atoms with Crippen molar-refractivity contribution in [2.45, 2.75) is 51.4 Å². The van der Waals surface area contributed by atoms with E-state index in [2.05, 4.69) is 18.0 Å². The fourth-order valence-electron chi connectivity index (χ4n) is 2.12. The minimum absolute atomic E-state index is 0.376. The molecular weight excluding hydrogens is 200 g/mol. The molecule has 0 unspecified atom stereocenters. The van der Waals surface area contributed by atoms with Crippen LogP contribution in [0.2, 0.25) is 0 Å². The maximum absolute atomic E-state index is 5.88. The monoisotopic (exact) mass is 220 g/mol. The van der Waals surface area contributed by atoms with Gasteiger partial charge >= 0.3 is 0 Å². The molecule has 16 heavy (non-hydrogen) atoms. The molecule has 0 atom stereocenters. The summed E-state index contributed by atoms with van der Waals surface area (Å²) in [6, 6.07) is 4.41. The Labute approximate surface area is 97.0 Å². The summed E-state index contributed by atoms with van der Waals surface area (Å²) in [6.07, 6.45) is 6.56. The summed E-state index contributed by atoms with van der Waals surface area (Å²) in [7, 11) is 0. The van der Waals surface area contributed by atoms with Crippen LogP contribution in [-0.2, 0) is 11.3 Å². The predicted molar refractivity (Wildman–Crippen MR) is 64.0 cm³/mol. The highest BCUT2D eigenvalue weighted by Gasteiger charge is 2.19. The van der Waals surface area contributed by atoms with Crippen LogP contribution in [0.25, 0.3) is 0 Å². The molecule has 1 saturated carbocycles. The van der Waals surface area contributed by atoms with Crippen LogP contribution in [0.3, 0.4) is 0 Å². The minimum atomic E-state index is 0.376. The maximum Gasteiger partial charge on any atom is 0.0894 e. The van der Waals surface area contributed by atoms with Gasteiger partial charge in [0.15, 0.2) is 0 Å². The Morgan fingerprint density at radius 1 is 1.38 bits per heavy atom. The second-order valence-corrected chi connectivity index (χ2v) is 4.61. The van der Waals surface area contributed by atoms with Gasteiger partial charge in [-0.15, -0.1) is 0 Å². The third kappa shape index (κ3) is 3.03. The third-order valence-electron chi connectivity index (χ3n) is 3.29. The number of nitrogens with two attached hydrogens (primary N) is 1. The molecule has 1 aliphatic carbocycles. The van der Waals surface area contributed by atoms with Crippen LogP contribution in [0.4, 0.5) is 0 Å². The van der Waals surface area contributed by atoms with Crippen LogP contribution in [-0.4, -0.2) is 17.1 Å². The zero-order valence-corrected chi connectivity index (χ0v) is 9.86. The van der Waals surface area contributed by atoms with Crippen molar-refractivity contribution in [2.24, 2.45) is 5.73 Å². The molecule has 3 heteroatoms. The lowest BCUT2D eigenvalue weighted by Crippen LogP contribution is -2.30. The van der Waals surface area contributed by atoms with Gasteiger partial charge < -0.3 is 10.5 Å². The summed E-state index contributed by atoms with van der Waals surface area (Å²) >= 11 is 0. The normalized spacial score (nSPS) is 25.6. The fourth-order valence-corrected chi connectivity index (χ4v) is 2.12. The molecule has 3 nitrogen and oxygen atoms in total. The van der Waals surface area contributed by atoms with Gasteiger partial charge in [-0.3, -0.25) is 4.98 Å². The molecule has 2 rings (SSSR count). The van der Waals surface area contributed by atoms with E-state index in [-0.39, 0.29) is 0 Å². The Bertz CT molecular complexity index is 332. The van der Waals surface area contributed by atoms with Gasteiger partial charge in [-0.25, -0.2) is 0 Å². The van der Waals surface area contributed by atoms with E-state index in [0.29, 0.717) is 18.8 Å². The Balaban J connectivity index is 1.81. The van der Waals surface area contributed by atoms with Gasteiger partial charge in [-0.05, 0) is 44.2 Å². The summed E-state index contributed by atoms with van der Waals surface area (Å²) in [5.41, 5.74) is 8.12. The number of ether oxygens (including phenoxy) is 1. The molecule has 2 N–H and O–H groups in total. The zero-order valence-electron chi connectivity index (χ0n) is 9.86. The summed E-state index contributed by atoms with van der Waals surface area (Å²) in [6.45, 7) is 2.70. The van der Waals surface area contributed by atoms with E-state index in [4.69, 9.17) is 10.5 Å². The van der Waals surface area contributed by atoms with Crippen molar-refractivity contribution in [1.82, 2.24) is 4.98 Å². The van der Waals surface area contributed by atoms with Crippen molar-refractivity contribution >= 4 is 0 Å². The van der Waals surface area contributed by atoms with Crippen molar-refractivity contribution in [3.8, 4) is 0 Å². The van der Waals surface area contributed by atoms with Gasteiger partial charge in [-0.2, -0.15) is 0 Å². The van der Waals surface area contributed by atoms with Gasteiger partial charge in [0.25, 0.3) is 0 Å². The first kappa shape index (κ1) is 11.6. The molecule has 1 aliphatic rings. The number of nitrogens with zero attached hydrogens (tertiary/aromatic N) is 1. The Kier molecular flexibility index (Phi) is 3.91. The molecule has 1 heterocycles. The van der Waals surface area contributed by atoms with Gasteiger partial charge in [0.2, 0.25) is 0 Å². The second kappa shape index (κ2) is 5.41. The fraction of sp³-hybridized carbons (Fsp3) is 0.615. The quantitative estimate of drug-likeness (QED) is 0.849. The molecule has 0 radical (unpaired) electrons. The average Bonchev–Trinajstić information content (AvgIpc) is 2.30. The van der Waals surface area contributed by atoms with Crippen LogP contribution in [0.1, 0.15) is 36.9 Å². The van der Waals surface area contributed by atoms with E-state index in [1.165, 1.54) is 5.56 Å². The lowest BCUT2D eigenvalue weighted by atomic mass is 9.94. The van der Waals surface area contributed by atoms with E-state index in [1.54, 1.807) is 0 Å². The Morgan fingerprint density at radius 3 is 2.81 bits per heavy atom. The third-order valence-corrected chi connectivity index (χ3v) is 3.29. The van der Waals surface area contributed by atoms with Crippen LogP contribution in [0.15, 0.2) is 18.3 Å². The summed E-state index contributed by atoms with van der Waals surface area (Å²) in [5, 5.41) is 0. The molecule has 1 aromatic heterocycles. The molecule has 0 saturated heterocycles. The number of rotatable bonds is 3. The first-order valence-electron chi connectivity index (χ1n) is 6.03. The van der Waals surface area contributed by atoms with Crippen molar-refractivity contribution in [3.63, 3.8) is 0 Å². The van der Waals surface area contributed by atoms with Gasteiger partial charge in [0, 0.05) is 12.2 Å². The Morgan fingerprint density at radius 2 is 2.12 bits per heavy atom. The van der Waals surface area contributed by atoms with E-state index in [0.717, 1.165) is 31.4 Å². The van der Waals surface area contributed by atoms with Crippen LogP contribution in [0, 0.1) is 6.92 Å². The van der Waals surface area contributed by atoms with Crippen LogP contribution < -0.4 is 5.73 Å². The smallest absolute Gasteiger partial charge is 0.0894 e. The van der Waals surface area contributed by atoms with Gasteiger partial charge in [0.05, 0.1) is 18.4 Å². The van der Waals surface area contributed by atoms with Crippen LogP contribution >= 0.6 is 0 Å². The SMILES string of the molecule is Cc1cccnc1COC1CCC(N)CC1. The van der Waals surface area contributed by atoms with Gasteiger partial charge in [0.1, 0.15) is 0 Å². The van der Waals surface area contributed by atoms with E-state index >= 15 is 0 Å². The molecule has 0 amide bonds. The standard InChI is InChI=1S/C13H20N2O/c1-10-3-2-8-15-13(10)9-16-12-6-4-11(14)5-7-12/h2-3,8,11-12H,4-7,9,14H2,1H3. The summed E-state index contributed by atoms with van der Waals surface area (Å²) < 4.78 is 5.88. The molecule has 1 aromatic rings. The van der Waals surface area contributed by atoms with Crippen molar-refractivity contribution in [3.05, 3.63) is 29.6 Å². The summed E-state index contributed by atoms with van der Waals surface area (Å²) in [4.78, 5) is 4.33. The lowest BCUT2D eigenvalue weighted by molar-refractivity contribution is 0.0120. The molecule has 1 fully saturated rings. The van der Waals surface area contributed by atoms with Crippen molar-refractivity contribution < 1.29 is 4.74 Å². The van der Waals surface area contributed by atoms with E-state index < -0.39 is 0 Å². The number of pyridine rings is 1. The highest BCUT2D eigenvalue weighted by Crippen LogP contribution is 2.21. The maximum atomic E-state index is 5.88. The predicted octanol–water partition coefficient (Wildman–Crippen LogP) is 2.18. The van der Waals surface area contributed by atoms with Gasteiger partial charge in [-0.1, -0.05) is 6.07 Å². The second-order valence-electron chi connectivity index (χ2n) is 4.61. The topological polar surface area (TPSA) is 48.1 Å². The molecule has 0 aliphatic heterocycles. The zero-order chi connectivity index (χ0) is 11.4. The van der Waals surface area contributed by atoms with Crippen LogP contribution in [0.5, 0.6) is 0 Å². The average molecular weight is 220 g/mol. The molecule has 0 aromatic carbocycles. The van der Waals surface area contributed by atoms with E-state index in [9.17, 15) is 0 Å². The molecule has 88 valence electrons. The highest BCUT2D eigenvalue weighted by atomic mass is 16.5. The highest BCUT2D eigenvalue weighted by molar-refractivity contribution is 5.16. The molecule has 0 spiro atoms. The largest absolute Gasteiger partial charge is 0.372 e. The molecule has 0 bridgehead atoms. The summed E-state index contributed by atoms with van der Waals surface area (Å²) in [5.74, 6) is 0. The van der Waals surface area contributed by atoms with E-state index in [1.807, 2.05) is 12.3 Å². The van der Waals surface area contributed by atoms with Crippen molar-refractivity contribution in [2.75, 3.05) is 0 Å². The Hall–Kier alpha value is -0.930. The first-order valence-corrected chi connectivity index (χ1v) is 6.03. The number of aryl methyl sites for hydroxylation is 1. The minimum Gasteiger partial charge on any atom is -0.372 e. The number of hydrogen-bond acceptors (Lipinski definition) is 3. The first-order chi connectivity index (χ1) is 7.75. The lowest BCUT2D eigenvalue weighted by Gasteiger charge is -2.26. The number of hydrogen-bond donors (Lipinski definition) is 1. The van der Waals surface area contributed by atoms with Crippen molar-refractivity contribution in [1.29, 1.82) is 0 Å².